The van der Waals surface area contributed by atoms with Gasteiger partial charge in [0, 0.05) is 0 Å². The molecule has 2 rings (SSSR count). The Morgan fingerprint density at radius 3 is 2.52 bits per heavy atom. The lowest BCUT2D eigenvalue weighted by molar-refractivity contribution is -0.142. The standard InChI is InChI=1S/C15H17N3O3/c1-4-20-14(19)9-12-5-7-13(8-6-12)16-17-15-10(2)18-21-11(15)3/h5-8H,4,9H2,1-3H3. The highest BCUT2D eigenvalue weighted by molar-refractivity contribution is 5.72. The van der Waals surface area contributed by atoms with Crippen LogP contribution >= 0.6 is 0 Å². The van der Waals surface area contributed by atoms with E-state index in [4.69, 9.17) is 9.26 Å². The van der Waals surface area contributed by atoms with E-state index in [9.17, 15) is 4.79 Å². The van der Waals surface area contributed by atoms with Gasteiger partial charge in [-0.15, -0.1) is 5.11 Å². The van der Waals surface area contributed by atoms with E-state index in [-0.39, 0.29) is 12.4 Å². The molecule has 0 unspecified atom stereocenters. The van der Waals surface area contributed by atoms with Gasteiger partial charge in [-0.25, -0.2) is 0 Å². The maximum Gasteiger partial charge on any atom is 0.310 e. The van der Waals surface area contributed by atoms with Crippen molar-refractivity contribution in [2.45, 2.75) is 27.2 Å². The van der Waals surface area contributed by atoms with Gasteiger partial charge in [0.2, 0.25) is 0 Å². The molecule has 6 nitrogen and oxygen atoms in total. The number of benzene rings is 1. The molecule has 0 aliphatic heterocycles. The van der Waals surface area contributed by atoms with Gasteiger partial charge in [-0.1, -0.05) is 17.3 Å². The predicted octanol–water partition coefficient (Wildman–Crippen LogP) is 3.81. The molecular weight excluding hydrogens is 270 g/mol. The number of esters is 1. The Morgan fingerprint density at radius 1 is 1.24 bits per heavy atom. The van der Waals surface area contributed by atoms with Crippen molar-refractivity contribution >= 4 is 17.3 Å². The molecular formula is C15H17N3O3. The van der Waals surface area contributed by atoms with Crippen molar-refractivity contribution in [2.75, 3.05) is 6.61 Å². The van der Waals surface area contributed by atoms with Crippen LogP contribution in [0.25, 0.3) is 0 Å². The van der Waals surface area contributed by atoms with Crippen LogP contribution in [0.5, 0.6) is 0 Å². The Morgan fingerprint density at radius 2 is 1.95 bits per heavy atom. The highest BCUT2D eigenvalue weighted by atomic mass is 16.5. The molecule has 1 heterocycles. The van der Waals surface area contributed by atoms with Crippen LogP contribution in [-0.4, -0.2) is 17.7 Å². The number of carbonyl (C=O) groups is 1. The third-order valence-corrected chi connectivity index (χ3v) is 2.85. The second kappa shape index (κ2) is 6.78. The Hall–Kier alpha value is -2.50. The highest BCUT2D eigenvalue weighted by Gasteiger charge is 2.07. The van der Waals surface area contributed by atoms with Gasteiger partial charge >= 0.3 is 5.97 Å². The maximum atomic E-state index is 11.4. The second-order valence-electron chi connectivity index (χ2n) is 4.52. The zero-order valence-electron chi connectivity index (χ0n) is 12.3. The fourth-order valence-electron chi connectivity index (χ4n) is 1.79. The van der Waals surface area contributed by atoms with Gasteiger partial charge in [-0.3, -0.25) is 4.79 Å². The van der Waals surface area contributed by atoms with Gasteiger partial charge in [0.05, 0.1) is 18.7 Å². The molecule has 0 saturated heterocycles. The predicted molar refractivity (Wildman–Crippen MR) is 76.9 cm³/mol. The molecule has 6 heteroatoms. The fourth-order valence-corrected chi connectivity index (χ4v) is 1.79. The summed E-state index contributed by atoms with van der Waals surface area (Å²) in [6.07, 6.45) is 0.259. The third-order valence-electron chi connectivity index (χ3n) is 2.85. The molecule has 0 atom stereocenters. The van der Waals surface area contributed by atoms with Crippen LogP contribution < -0.4 is 0 Å². The van der Waals surface area contributed by atoms with Crippen molar-refractivity contribution in [3.05, 3.63) is 41.3 Å². The lowest BCUT2D eigenvalue weighted by Gasteiger charge is -2.01. The van der Waals surface area contributed by atoms with Gasteiger partial charge in [-0.05, 0) is 38.5 Å². The van der Waals surface area contributed by atoms with Crippen LogP contribution in [0.2, 0.25) is 0 Å². The molecule has 0 spiro atoms. The number of hydrogen-bond acceptors (Lipinski definition) is 6. The summed E-state index contributed by atoms with van der Waals surface area (Å²) in [5.41, 5.74) is 2.92. The molecule has 2 aromatic rings. The van der Waals surface area contributed by atoms with E-state index < -0.39 is 0 Å². The minimum absolute atomic E-state index is 0.234. The Balaban J connectivity index is 2.04. The Bertz CT molecular complexity index is 625. The number of rotatable bonds is 5. The first kappa shape index (κ1) is 14.9. The SMILES string of the molecule is CCOC(=O)Cc1ccc(N=Nc2c(C)noc2C)cc1. The lowest BCUT2D eigenvalue weighted by atomic mass is 10.1. The van der Waals surface area contributed by atoms with Gasteiger partial charge < -0.3 is 9.26 Å². The smallest absolute Gasteiger partial charge is 0.310 e. The van der Waals surface area contributed by atoms with Gasteiger partial charge in [0.15, 0.2) is 11.4 Å². The number of nitrogens with zero attached hydrogens (tertiary/aromatic N) is 3. The van der Waals surface area contributed by atoms with Crippen LogP contribution in [0, 0.1) is 13.8 Å². The van der Waals surface area contributed by atoms with E-state index >= 15 is 0 Å². The molecule has 1 aromatic carbocycles. The van der Waals surface area contributed by atoms with Crippen LogP contribution in [0.1, 0.15) is 23.9 Å². The summed E-state index contributed by atoms with van der Waals surface area (Å²) in [4.78, 5) is 11.4. The third kappa shape index (κ3) is 3.98. The topological polar surface area (TPSA) is 77.0 Å². The molecule has 0 aliphatic carbocycles. The van der Waals surface area contributed by atoms with E-state index in [1.165, 1.54) is 0 Å². The van der Waals surface area contributed by atoms with Crippen molar-refractivity contribution in [1.82, 2.24) is 5.16 Å². The first-order valence-electron chi connectivity index (χ1n) is 6.69. The number of hydrogen-bond donors (Lipinski definition) is 0. The van der Waals surface area contributed by atoms with Gasteiger partial charge in [-0.2, -0.15) is 5.11 Å². The summed E-state index contributed by atoms with van der Waals surface area (Å²) in [5.74, 6) is 0.401. The van der Waals surface area contributed by atoms with Crippen LogP contribution in [-0.2, 0) is 16.0 Å². The zero-order valence-corrected chi connectivity index (χ0v) is 12.3. The van der Waals surface area contributed by atoms with Crippen LogP contribution in [0.15, 0.2) is 39.0 Å². The summed E-state index contributed by atoms with van der Waals surface area (Å²) in [7, 11) is 0. The van der Waals surface area contributed by atoms with Crippen LogP contribution in [0.4, 0.5) is 11.4 Å². The lowest BCUT2D eigenvalue weighted by Crippen LogP contribution is -2.07. The molecule has 1 aromatic heterocycles. The summed E-state index contributed by atoms with van der Waals surface area (Å²) >= 11 is 0. The number of azo groups is 1. The summed E-state index contributed by atoms with van der Waals surface area (Å²) in [6.45, 7) is 5.78. The van der Waals surface area contributed by atoms with Gasteiger partial charge in [0.1, 0.15) is 5.69 Å². The molecule has 0 bridgehead atoms. The average molecular weight is 287 g/mol. The van der Waals surface area contributed by atoms with E-state index in [1.54, 1.807) is 26.0 Å². The summed E-state index contributed by atoms with van der Waals surface area (Å²) < 4.78 is 9.91. The minimum Gasteiger partial charge on any atom is -0.466 e. The molecule has 0 amide bonds. The molecule has 0 saturated carbocycles. The zero-order chi connectivity index (χ0) is 15.2. The van der Waals surface area contributed by atoms with E-state index in [0.717, 1.165) is 5.56 Å². The van der Waals surface area contributed by atoms with E-state index in [1.807, 2.05) is 19.1 Å². The number of carbonyl (C=O) groups excluding carboxylic acids is 1. The van der Waals surface area contributed by atoms with Crippen molar-refractivity contribution in [2.24, 2.45) is 10.2 Å². The van der Waals surface area contributed by atoms with Crippen molar-refractivity contribution < 1.29 is 14.1 Å². The molecule has 0 fully saturated rings. The molecule has 110 valence electrons. The molecule has 0 radical (unpaired) electrons. The van der Waals surface area contributed by atoms with Crippen LogP contribution in [0.3, 0.4) is 0 Å². The Labute approximate surface area is 122 Å². The Kier molecular flexibility index (Phi) is 4.81. The van der Waals surface area contributed by atoms with Gasteiger partial charge in [0.25, 0.3) is 0 Å². The minimum atomic E-state index is -0.234. The van der Waals surface area contributed by atoms with E-state index in [2.05, 4.69) is 15.4 Å². The largest absolute Gasteiger partial charge is 0.466 e. The number of aromatic nitrogens is 1. The molecule has 0 aliphatic rings. The van der Waals surface area contributed by atoms with Crippen molar-refractivity contribution in [3.63, 3.8) is 0 Å². The fraction of sp³-hybridized carbons (Fsp3) is 0.333. The summed E-state index contributed by atoms with van der Waals surface area (Å²) in [6, 6.07) is 7.27. The molecule has 21 heavy (non-hydrogen) atoms. The van der Waals surface area contributed by atoms with Crippen molar-refractivity contribution in [3.8, 4) is 0 Å². The number of ether oxygens (including phenoxy) is 1. The number of aryl methyl sites for hydroxylation is 2. The second-order valence-corrected chi connectivity index (χ2v) is 4.52. The maximum absolute atomic E-state index is 11.4. The molecule has 0 N–H and O–H groups in total. The first-order chi connectivity index (χ1) is 10.1. The monoisotopic (exact) mass is 287 g/mol. The quantitative estimate of drug-likeness (QED) is 0.618. The first-order valence-corrected chi connectivity index (χ1v) is 6.69. The highest BCUT2D eigenvalue weighted by Crippen LogP contribution is 2.25. The average Bonchev–Trinajstić information content (AvgIpc) is 2.78. The summed E-state index contributed by atoms with van der Waals surface area (Å²) in [5, 5.41) is 12.1. The van der Waals surface area contributed by atoms with Crippen molar-refractivity contribution in [1.29, 1.82) is 0 Å². The van der Waals surface area contributed by atoms with E-state index in [0.29, 0.717) is 29.4 Å². The normalized spacial score (nSPS) is 11.0.